The van der Waals surface area contributed by atoms with Crippen LogP contribution in [0.3, 0.4) is 0 Å². The molecule has 0 radical (unpaired) electrons. The smallest absolute Gasteiger partial charge is 0.341 e. The number of carbonyl (C=O) groups is 1. The van der Waals surface area contributed by atoms with Gasteiger partial charge >= 0.3 is 5.97 Å². The molecular formula is C16H17NO3. The summed E-state index contributed by atoms with van der Waals surface area (Å²) in [5.74, 6) is -0.0182. The summed E-state index contributed by atoms with van der Waals surface area (Å²) in [6, 6.07) is 5.63. The molecule has 0 atom stereocenters. The number of carboxylic acids is 1. The number of pyridine rings is 1. The molecule has 4 heteroatoms. The lowest BCUT2D eigenvalue weighted by Gasteiger charge is -2.15. The predicted molar refractivity (Wildman–Crippen MR) is 76.7 cm³/mol. The Balaban J connectivity index is 2.53. The van der Waals surface area contributed by atoms with Crippen molar-refractivity contribution in [3.63, 3.8) is 0 Å². The van der Waals surface area contributed by atoms with Gasteiger partial charge in [-0.2, -0.15) is 0 Å². The molecule has 1 heterocycles. The molecule has 0 fully saturated rings. The Hall–Kier alpha value is -2.36. The molecule has 0 spiro atoms. The summed E-state index contributed by atoms with van der Waals surface area (Å²) in [5, 5.41) is 9.21. The molecule has 0 aliphatic heterocycles. The summed E-state index contributed by atoms with van der Waals surface area (Å²) in [5.41, 5.74) is 3.87. The first-order valence-electron chi connectivity index (χ1n) is 6.34. The van der Waals surface area contributed by atoms with Crippen LogP contribution in [0.5, 0.6) is 11.5 Å². The van der Waals surface area contributed by atoms with Gasteiger partial charge in [-0.1, -0.05) is 12.1 Å². The molecule has 0 saturated carbocycles. The molecule has 0 bridgehead atoms. The van der Waals surface area contributed by atoms with Crippen LogP contribution in [0.25, 0.3) is 0 Å². The van der Waals surface area contributed by atoms with Gasteiger partial charge in [-0.05, 0) is 44.4 Å². The Morgan fingerprint density at radius 3 is 2.45 bits per heavy atom. The number of aryl methyl sites for hydroxylation is 3. The number of carboxylic acid groups (broad SMARTS) is 1. The zero-order valence-electron chi connectivity index (χ0n) is 12.0. The van der Waals surface area contributed by atoms with Crippen molar-refractivity contribution in [1.82, 2.24) is 4.98 Å². The first-order valence-corrected chi connectivity index (χ1v) is 6.34. The van der Waals surface area contributed by atoms with Gasteiger partial charge in [-0.3, -0.25) is 4.98 Å². The summed E-state index contributed by atoms with van der Waals surface area (Å²) in [7, 11) is 0. The van der Waals surface area contributed by atoms with Crippen molar-refractivity contribution >= 4 is 5.97 Å². The molecule has 1 aromatic carbocycles. The van der Waals surface area contributed by atoms with Gasteiger partial charge in [0.2, 0.25) is 0 Å². The Kier molecular flexibility index (Phi) is 3.74. The normalized spacial score (nSPS) is 10.4. The lowest BCUT2D eigenvalue weighted by atomic mass is 10.1. The van der Waals surface area contributed by atoms with E-state index in [0.29, 0.717) is 17.2 Å². The van der Waals surface area contributed by atoms with E-state index in [0.717, 1.165) is 16.7 Å². The summed E-state index contributed by atoms with van der Waals surface area (Å²) >= 11 is 0. The molecule has 4 nitrogen and oxygen atoms in total. The third kappa shape index (κ3) is 2.64. The quantitative estimate of drug-likeness (QED) is 0.922. The molecule has 1 N–H and O–H groups in total. The van der Waals surface area contributed by atoms with Gasteiger partial charge < -0.3 is 9.84 Å². The van der Waals surface area contributed by atoms with Crippen molar-refractivity contribution in [2.75, 3.05) is 0 Å². The molecule has 2 rings (SSSR count). The molecule has 104 valence electrons. The zero-order chi connectivity index (χ0) is 14.9. The van der Waals surface area contributed by atoms with E-state index in [1.165, 1.54) is 6.20 Å². The van der Waals surface area contributed by atoms with Gasteiger partial charge in [0.15, 0.2) is 0 Å². The zero-order valence-corrected chi connectivity index (χ0v) is 12.0. The van der Waals surface area contributed by atoms with Crippen LogP contribution in [-0.2, 0) is 0 Å². The van der Waals surface area contributed by atoms with E-state index in [2.05, 4.69) is 4.98 Å². The van der Waals surface area contributed by atoms with Gasteiger partial charge in [0.05, 0.1) is 0 Å². The number of aromatic nitrogens is 1. The van der Waals surface area contributed by atoms with E-state index < -0.39 is 5.97 Å². The van der Waals surface area contributed by atoms with Crippen LogP contribution < -0.4 is 4.74 Å². The van der Waals surface area contributed by atoms with E-state index in [1.54, 1.807) is 13.0 Å². The average Bonchev–Trinajstić information content (AvgIpc) is 2.39. The second kappa shape index (κ2) is 5.33. The molecule has 0 saturated heterocycles. The molecular weight excluding hydrogens is 254 g/mol. The number of ether oxygens (including phenoxy) is 1. The minimum atomic E-state index is -1.05. The van der Waals surface area contributed by atoms with Crippen LogP contribution in [-0.4, -0.2) is 16.1 Å². The fourth-order valence-corrected chi connectivity index (χ4v) is 1.97. The second-order valence-electron chi connectivity index (χ2n) is 4.88. The monoisotopic (exact) mass is 271 g/mol. The van der Waals surface area contributed by atoms with Crippen LogP contribution in [0, 0.1) is 27.7 Å². The average molecular weight is 271 g/mol. The maximum absolute atomic E-state index is 11.2. The summed E-state index contributed by atoms with van der Waals surface area (Å²) in [6.07, 6.45) is 1.33. The van der Waals surface area contributed by atoms with Crippen LogP contribution in [0.1, 0.15) is 32.7 Å². The van der Waals surface area contributed by atoms with Crippen molar-refractivity contribution in [3.8, 4) is 11.5 Å². The van der Waals surface area contributed by atoms with E-state index >= 15 is 0 Å². The summed E-state index contributed by atoms with van der Waals surface area (Å²) < 4.78 is 5.87. The van der Waals surface area contributed by atoms with Crippen LogP contribution in [0.15, 0.2) is 24.4 Å². The van der Waals surface area contributed by atoms with E-state index in [4.69, 9.17) is 4.74 Å². The first kappa shape index (κ1) is 14.1. The Bertz CT molecular complexity index is 678. The fraction of sp³-hybridized carbons (Fsp3) is 0.250. The number of benzene rings is 1. The molecule has 1 aromatic heterocycles. The maximum atomic E-state index is 11.2. The van der Waals surface area contributed by atoms with Crippen molar-refractivity contribution in [1.29, 1.82) is 0 Å². The minimum Gasteiger partial charge on any atom is -0.477 e. The van der Waals surface area contributed by atoms with Crippen molar-refractivity contribution in [2.45, 2.75) is 27.7 Å². The highest BCUT2D eigenvalue weighted by atomic mass is 16.5. The lowest BCUT2D eigenvalue weighted by Crippen LogP contribution is -2.03. The Morgan fingerprint density at radius 2 is 1.80 bits per heavy atom. The minimum absolute atomic E-state index is 0.0657. The molecule has 0 amide bonds. The number of nitrogens with zero attached hydrogens (tertiary/aromatic N) is 1. The molecule has 2 aromatic rings. The SMILES string of the molecule is Cc1cc(Oc2c(C)ccc(C)c2C)c(C(=O)O)cn1. The standard InChI is InChI=1S/C16H17NO3/c1-9-5-6-10(2)15(12(9)4)20-14-7-11(3)17-8-13(14)16(18)19/h5-8H,1-4H3,(H,18,19). The lowest BCUT2D eigenvalue weighted by molar-refractivity contribution is 0.0693. The highest BCUT2D eigenvalue weighted by molar-refractivity contribution is 5.90. The third-order valence-electron chi connectivity index (χ3n) is 3.32. The van der Waals surface area contributed by atoms with Crippen molar-refractivity contribution in [3.05, 3.63) is 52.3 Å². The van der Waals surface area contributed by atoms with Crippen molar-refractivity contribution < 1.29 is 14.6 Å². The maximum Gasteiger partial charge on any atom is 0.341 e. The van der Waals surface area contributed by atoms with Crippen molar-refractivity contribution in [2.24, 2.45) is 0 Å². The Labute approximate surface area is 118 Å². The van der Waals surface area contributed by atoms with Crippen LogP contribution >= 0.6 is 0 Å². The second-order valence-corrected chi connectivity index (χ2v) is 4.88. The predicted octanol–water partition coefficient (Wildman–Crippen LogP) is 3.81. The molecule has 0 aliphatic carbocycles. The number of rotatable bonds is 3. The third-order valence-corrected chi connectivity index (χ3v) is 3.32. The highest BCUT2D eigenvalue weighted by Crippen LogP contribution is 2.32. The Morgan fingerprint density at radius 1 is 1.15 bits per heavy atom. The van der Waals surface area contributed by atoms with Gasteiger partial charge in [0, 0.05) is 18.0 Å². The molecule has 0 aliphatic rings. The summed E-state index contributed by atoms with van der Waals surface area (Å²) in [4.78, 5) is 15.2. The van der Waals surface area contributed by atoms with Gasteiger partial charge in [0.25, 0.3) is 0 Å². The molecule has 0 unspecified atom stereocenters. The number of hydrogen-bond donors (Lipinski definition) is 1. The van der Waals surface area contributed by atoms with E-state index in [1.807, 2.05) is 32.9 Å². The topological polar surface area (TPSA) is 59.4 Å². The number of aromatic carboxylic acids is 1. The first-order chi connectivity index (χ1) is 9.40. The van der Waals surface area contributed by atoms with Gasteiger partial charge in [-0.25, -0.2) is 4.79 Å². The summed E-state index contributed by atoms with van der Waals surface area (Å²) in [6.45, 7) is 7.70. The van der Waals surface area contributed by atoms with E-state index in [-0.39, 0.29) is 5.56 Å². The molecule has 20 heavy (non-hydrogen) atoms. The van der Waals surface area contributed by atoms with E-state index in [9.17, 15) is 9.90 Å². The largest absolute Gasteiger partial charge is 0.477 e. The van der Waals surface area contributed by atoms with Gasteiger partial charge in [0.1, 0.15) is 17.1 Å². The highest BCUT2D eigenvalue weighted by Gasteiger charge is 2.15. The fourth-order valence-electron chi connectivity index (χ4n) is 1.97. The van der Waals surface area contributed by atoms with Gasteiger partial charge in [-0.15, -0.1) is 0 Å². The number of hydrogen-bond acceptors (Lipinski definition) is 3. The van der Waals surface area contributed by atoms with Crippen LogP contribution in [0.4, 0.5) is 0 Å². The van der Waals surface area contributed by atoms with Crippen LogP contribution in [0.2, 0.25) is 0 Å².